The first-order valence-electron chi connectivity index (χ1n) is 6.31. The van der Waals surface area contributed by atoms with Crippen LogP contribution >= 0.6 is 0 Å². The molecule has 0 fully saturated rings. The quantitative estimate of drug-likeness (QED) is 0.764. The maximum absolute atomic E-state index is 13.6. The third kappa shape index (κ3) is 4.62. The van der Waals surface area contributed by atoms with Crippen LogP contribution in [-0.2, 0) is 9.53 Å². The van der Waals surface area contributed by atoms with E-state index in [2.05, 4.69) is 4.74 Å². The summed E-state index contributed by atoms with van der Waals surface area (Å²) in [5.41, 5.74) is -0.0460. The maximum Gasteiger partial charge on any atom is 0.307 e. The summed E-state index contributed by atoms with van der Waals surface area (Å²) in [5, 5.41) is 8.84. The molecule has 20 heavy (non-hydrogen) atoms. The van der Waals surface area contributed by atoms with Gasteiger partial charge in [0, 0.05) is 19.7 Å². The van der Waals surface area contributed by atoms with Crippen LogP contribution in [0.25, 0.3) is 0 Å². The van der Waals surface area contributed by atoms with Crippen LogP contribution in [-0.4, -0.2) is 48.7 Å². The molecule has 0 saturated carbocycles. The smallest absolute Gasteiger partial charge is 0.307 e. The molecule has 5 nitrogen and oxygen atoms in total. The molecule has 0 unspecified atom stereocenters. The number of hydrogen-bond donors (Lipinski definition) is 1. The monoisotopic (exact) mass is 283 g/mol. The number of carbonyl (C=O) groups excluding carboxylic acids is 2. The number of esters is 1. The second-order valence-electron chi connectivity index (χ2n) is 4.18. The largest absolute Gasteiger partial charge is 0.469 e. The first kappa shape index (κ1) is 16.1. The van der Waals surface area contributed by atoms with Crippen LogP contribution in [0.15, 0.2) is 24.3 Å². The summed E-state index contributed by atoms with van der Waals surface area (Å²) in [6.07, 6.45) is 0.392. The number of methoxy groups -OCH3 is 1. The minimum atomic E-state index is -0.607. The zero-order chi connectivity index (χ0) is 15.0. The minimum absolute atomic E-state index is 0.0299. The van der Waals surface area contributed by atoms with Crippen LogP contribution in [0.5, 0.6) is 0 Å². The molecular weight excluding hydrogens is 265 g/mol. The number of carbonyl (C=O) groups is 2. The summed E-state index contributed by atoms with van der Waals surface area (Å²) in [4.78, 5) is 24.7. The minimum Gasteiger partial charge on any atom is -0.469 e. The molecule has 1 rings (SSSR count). The topological polar surface area (TPSA) is 66.8 Å². The average Bonchev–Trinajstić information content (AvgIpc) is 2.47. The number of amides is 1. The first-order chi connectivity index (χ1) is 9.60. The van der Waals surface area contributed by atoms with Gasteiger partial charge in [0.15, 0.2) is 0 Å². The van der Waals surface area contributed by atoms with Crippen LogP contribution < -0.4 is 0 Å². The van der Waals surface area contributed by atoms with Gasteiger partial charge in [0.1, 0.15) is 5.82 Å². The fraction of sp³-hybridized carbons (Fsp3) is 0.429. The lowest BCUT2D eigenvalue weighted by atomic mass is 10.1. The van der Waals surface area contributed by atoms with Crippen molar-refractivity contribution < 1.29 is 23.8 Å². The molecule has 0 radical (unpaired) electrons. The third-order valence-electron chi connectivity index (χ3n) is 2.79. The van der Waals surface area contributed by atoms with E-state index < -0.39 is 17.7 Å². The van der Waals surface area contributed by atoms with Gasteiger partial charge < -0.3 is 14.7 Å². The van der Waals surface area contributed by atoms with Crippen LogP contribution in [0.2, 0.25) is 0 Å². The predicted octanol–water partition coefficient (Wildman–Crippen LogP) is 1.21. The Morgan fingerprint density at radius 3 is 2.60 bits per heavy atom. The molecular formula is C14H18FNO4. The van der Waals surface area contributed by atoms with Crippen LogP contribution in [0.3, 0.4) is 0 Å². The van der Waals surface area contributed by atoms with Crippen LogP contribution in [0.1, 0.15) is 23.2 Å². The van der Waals surface area contributed by atoms with E-state index in [-0.39, 0.29) is 31.7 Å². The average molecular weight is 283 g/mol. The van der Waals surface area contributed by atoms with Gasteiger partial charge in [-0.05, 0) is 18.6 Å². The van der Waals surface area contributed by atoms with Crippen molar-refractivity contribution >= 4 is 11.9 Å². The summed E-state index contributed by atoms with van der Waals surface area (Å²) >= 11 is 0. The Kier molecular flexibility index (Phi) is 6.66. The number of nitrogens with zero attached hydrogens (tertiary/aromatic N) is 1. The number of halogens is 1. The Hall–Kier alpha value is -1.95. The summed E-state index contributed by atoms with van der Waals surface area (Å²) < 4.78 is 18.1. The van der Waals surface area contributed by atoms with E-state index in [0.29, 0.717) is 6.42 Å². The van der Waals surface area contributed by atoms with Gasteiger partial charge in [-0.2, -0.15) is 0 Å². The number of aliphatic hydroxyl groups excluding tert-OH is 1. The van der Waals surface area contributed by atoms with Crippen molar-refractivity contribution in [3.05, 3.63) is 35.6 Å². The normalized spacial score (nSPS) is 10.2. The van der Waals surface area contributed by atoms with E-state index in [1.807, 2.05) is 0 Å². The molecule has 1 aromatic rings. The summed E-state index contributed by atoms with van der Waals surface area (Å²) in [7, 11) is 1.26. The van der Waals surface area contributed by atoms with Gasteiger partial charge in [0.05, 0.1) is 19.1 Å². The van der Waals surface area contributed by atoms with Gasteiger partial charge in [-0.3, -0.25) is 9.59 Å². The van der Waals surface area contributed by atoms with Crippen molar-refractivity contribution in [1.82, 2.24) is 4.90 Å². The first-order valence-corrected chi connectivity index (χ1v) is 6.31. The summed E-state index contributed by atoms with van der Waals surface area (Å²) in [6, 6.07) is 5.67. The molecule has 0 spiro atoms. The Balaban J connectivity index is 2.78. The van der Waals surface area contributed by atoms with Crippen molar-refractivity contribution in [2.75, 3.05) is 26.8 Å². The molecule has 0 heterocycles. The number of aliphatic hydroxyl groups is 1. The zero-order valence-electron chi connectivity index (χ0n) is 11.3. The van der Waals surface area contributed by atoms with Crippen LogP contribution in [0, 0.1) is 5.82 Å². The van der Waals surface area contributed by atoms with E-state index in [1.165, 1.54) is 30.2 Å². The van der Waals surface area contributed by atoms with E-state index in [4.69, 9.17) is 5.11 Å². The van der Waals surface area contributed by atoms with Gasteiger partial charge in [-0.15, -0.1) is 0 Å². The summed E-state index contributed by atoms with van der Waals surface area (Å²) in [5.74, 6) is -1.55. The fourth-order valence-electron chi connectivity index (χ4n) is 1.71. The fourth-order valence-corrected chi connectivity index (χ4v) is 1.71. The highest BCUT2D eigenvalue weighted by molar-refractivity contribution is 5.94. The van der Waals surface area contributed by atoms with E-state index in [1.54, 1.807) is 6.07 Å². The van der Waals surface area contributed by atoms with E-state index in [0.717, 1.165) is 0 Å². The molecule has 0 atom stereocenters. The molecule has 0 saturated heterocycles. The van der Waals surface area contributed by atoms with Crippen molar-refractivity contribution in [2.45, 2.75) is 12.8 Å². The molecule has 0 aliphatic heterocycles. The third-order valence-corrected chi connectivity index (χ3v) is 2.79. The highest BCUT2D eigenvalue weighted by atomic mass is 19.1. The molecule has 0 aliphatic carbocycles. The molecule has 1 N–H and O–H groups in total. The highest BCUT2D eigenvalue weighted by Crippen LogP contribution is 2.11. The van der Waals surface area contributed by atoms with Gasteiger partial charge >= 0.3 is 5.97 Å². The molecule has 1 aromatic carbocycles. The van der Waals surface area contributed by atoms with Crippen molar-refractivity contribution in [3.63, 3.8) is 0 Å². The molecule has 0 bridgehead atoms. The van der Waals surface area contributed by atoms with Gasteiger partial charge in [-0.1, -0.05) is 12.1 Å². The standard InChI is InChI=1S/C14H18FNO4/c1-20-13(18)7-9-16(8-4-10-17)14(19)11-5-2-3-6-12(11)15/h2-3,5-6,17H,4,7-10H2,1H3. The van der Waals surface area contributed by atoms with E-state index >= 15 is 0 Å². The Labute approximate surface area is 117 Å². The highest BCUT2D eigenvalue weighted by Gasteiger charge is 2.19. The summed E-state index contributed by atoms with van der Waals surface area (Å²) in [6.45, 7) is 0.291. The lowest BCUT2D eigenvalue weighted by molar-refractivity contribution is -0.140. The number of benzene rings is 1. The molecule has 1 amide bonds. The zero-order valence-corrected chi connectivity index (χ0v) is 11.3. The molecule has 6 heteroatoms. The Bertz CT molecular complexity index is 464. The Morgan fingerprint density at radius 2 is 2.00 bits per heavy atom. The second-order valence-corrected chi connectivity index (χ2v) is 4.18. The lowest BCUT2D eigenvalue weighted by Gasteiger charge is -2.22. The number of rotatable bonds is 7. The van der Waals surface area contributed by atoms with Crippen molar-refractivity contribution in [1.29, 1.82) is 0 Å². The predicted molar refractivity (Wildman–Crippen MR) is 70.6 cm³/mol. The van der Waals surface area contributed by atoms with Crippen molar-refractivity contribution in [3.8, 4) is 0 Å². The lowest BCUT2D eigenvalue weighted by Crippen LogP contribution is -2.35. The second kappa shape index (κ2) is 8.27. The molecule has 110 valence electrons. The van der Waals surface area contributed by atoms with Crippen LogP contribution in [0.4, 0.5) is 4.39 Å². The molecule has 0 aliphatic rings. The van der Waals surface area contributed by atoms with Gasteiger partial charge in [0.25, 0.3) is 5.91 Å². The number of hydrogen-bond acceptors (Lipinski definition) is 4. The van der Waals surface area contributed by atoms with Gasteiger partial charge in [0.2, 0.25) is 0 Å². The van der Waals surface area contributed by atoms with Crippen molar-refractivity contribution in [2.24, 2.45) is 0 Å². The number of ether oxygens (including phenoxy) is 1. The maximum atomic E-state index is 13.6. The molecule has 0 aromatic heterocycles. The SMILES string of the molecule is COC(=O)CCN(CCCO)C(=O)c1ccccc1F. The van der Waals surface area contributed by atoms with E-state index in [9.17, 15) is 14.0 Å². The Morgan fingerprint density at radius 1 is 1.30 bits per heavy atom. The van der Waals surface area contributed by atoms with Gasteiger partial charge in [-0.25, -0.2) is 4.39 Å².